The lowest BCUT2D eigenvalue weighted by Crippen LogP contribution is -2.40. The van der Waals surface area contributed by atoms with E-state index in [1.165, 1.54) is 5.69 Å². The molecule has 2 N–H and O–H groups in total. The Kier molecular flexibility index (Phi) is 9.37. The van der Waals surface area contributed by atoms with E-state index in [4.69, 9.17) is 23.2 Å². The molecule has 6 nitrogen and oxygen atoms in total. The summed E-state index contributed by atoms with van der Waals surface area (Å²) < 4.78 is 2.10. The van der Waals surface area contributed by atoms with E-state index in [2.05, 4.69) is 36.1 Å². The first-order valence-corrected chi connectivity index (χ1v) is 8.33. The normalized spacial score (nSPS) is 11.0. The Hall–Kier alpha value is -1.19. The fourth-order valence-electron chi connectivity index (χ4n) is 2.26. The average molecular weight is 497 g/mol. The second-order valence-corrected chi connectivity index (χ2v) is 6.19. The number of hydrogen-bond donors (Lipinski definition) is 2. The van der Waals surface area contributed by atoms with Crippen LogP contribution in [-0.2, 0) is 13.6 Å². The smallest absolute Gasteiger partial charge is 0.193 e. The average Bonchev–Trinajstić information content (AvgIpc) is 2.94. The minimum Gasteiger partial charge on any atom is -0.367 e. The van der Waals surface area contributed by atoms with Crippen LogP contribution in [0.25, 0.3) is 0 Å². The van der Waals surface area contributed by atoms with Crippen molar-refractivity contribution in [3.63, 3.8) is 0 Å². The van der Waals surface area contributed by atoms with Crippen LogP contribution in [0, 0.1) is 0 Å². The van der Waals surface area contributed by atoms with E-state index in [1.807, 2.05) is 26.4 Å². The second kappa shape index (κ2) is 10.7. The molecule has 0 aromatic carbocycles. The predicted octanol–water partition coefficient (Wildman–Crippen LogP) is 3.46. The van der Waals surface area contributed by atoms with E-state index in [1.54, 1.807) is 19.3 Å². The highest BCUT2D eigenvalue weighted by atomic mass is 127. The number of hydrogen-bond acceptors (Lipinski definition) is 3. The van der Waals surface area contributed by atoms with Gasteiger partial charge < -0.3 is 20.1 Å². The zero-order valence-corrected chi connectivity index (χ0v) is 18.3. The van der Waals surface area contributed by atoms with Gasteiger partial charge in [0.25, 0.3) is 0 Å². The van der Waals surface area contributed by atoms with Gasteiger partial charge in [-0.3, -0.25) is 4.99 Å². The molecule has 0 fully saturated rings. The molecule has 0 spiro atoms. The van der Waals surface area contributed by atoms with Crippen molar-refractivity contribution in [2.45, 2.75) is 6.54 Å². The fourth-order valence-corrected chi connectivity index (χ4v) is 2.71. The van der Waals surface area contributed by atoms with E-state index in [9.17, 15) is 0 Å². The summed E-state index contributed by atoms with van der Waals surface area (Å²) in [5, 5.41) is 7.51. The number of guanidine groups is 1. The van der Waals surface area contributed by atoms with E-state index >= 15 is 0 Å². The Labute approximate surface area is 175 Å². The Morgan fingerprint density at radius 2 is 2.12 bits per heavy atom. The number of halogens is 3. The lowest BCUT2D eigenvalue weighted by Gasteiger charge is -2.22. The van der Waals surface area contributed by atoms with Gasteiger partial charge in [-0.2, -0.15) is 0 Å². The monoisotopic (exact) mass is 496 g/mol. The third-order valence-corrected chi connectivity index (χ3v) is 4.03. The highest BCUT2D eigenvalue weighted by Crippen LogP contribution is 2.21. The number of aliphatic imine (C=N–C) groups is 1. The number of nitrogens with one attached hydrogen (secondary N) is 2. The molecule has 2 aromatic heterocycles. The van der Waals surface area contributed by atoms with Crippen LogP contribution < -0.4 is 10.6 Å². The Balaban J connectivity index is 0.00000312. The third kappa shape index (κ3) is 6.56. The number of rotatable bonds is 6. The number of anilines is 1. The van der Waals surface area contributed by atoms with Crippen molar-refractivity contribution in [1.82, 2.24) is 19.8 Å². The fraction of sp³-hybridized carbons (Fsp3) is 0.375. The number of nitrogens with zero attached hydrogens (tertiary/aromatic N) is 4. The highest BCUT2D eigenvalue weighted by molar-refractivity contribution is 14.0. The first-order valence-electron chi connectivity index (χ1n) is 7.58. The summed E-state index contributed by atoms with van der Waals surface area (Å²) in [6.07, 6.45) is 3.60. The highest BCUT2D eigenvalue weighted by Gasteiger charge is 2.08. The van der Waals surface area contributed by atoms with Crippen LogP contribution in [0.5, 0.6) is 0 Å². The molecule has 0 unspecified atom stereocenters. The molecule has 138 valence electrons. The largest absolute Gasteiger partial charge is 0.367 e. The number of aromatic nitrogens is 2. The van der Waals surface area contributed by atoms with Gasteiger partial charge in [-0.05, 0) is 18.2 Å². The molecule has 0 radical (unpaired) electrons. The molecule has 0 aliphatic heterocycles. The van der Waals surface area contributed by atoms with Crippen LogP contribution in [0.15, 0.2) is 35.6 Å². The summed E-state index contributed by atoms with van der Waals surface area (Å²) in [4.78, 5) is 10.5. The van der Waals surface area contributed by atoms with Crippen molar-refractivity contribution in [2.24, 2.45) is 12.0 Å². The van der Waals surface area contributed by atoms with Gasteiger partial charge in [-0.25, -0.2) is 4.98 Å². The van der Waals surface area contributed by atoms with Gasteiger partial charge in [-0.1, -0.05) is 23.2 Å². The minimum absolute atomic E-state index is 0. The summed E-state index contributed by atoms with van der Waals surface area (Å²) in [5.74, 6) is 1.45. The quantitative estimate of drug-likeness (QED) is 0.278. The molecule has 0 aliphatic rings. The minimum atomic E-state index is 0. The van der Waals surface area contributed by atoms with Crippen molar-refractivity contribution < 1.29 is 0 Å². The SMILES string of the molecule is CN=C(NCCNc1ncc(Cl)cc1Cl)N(C)Cc1cccn1C.I. The van der Waals surface area contributed by atoms with Gasteiger partial charge in [0, 0.05) is 52.3 Å². The zero-order chi connectivity index (χ0) is 17.5. The molecule has 0 amide bonds. The van der Waals surface area contributed by atoms with Crippen LogP contribution in [0.2, 0.25) is 10.0 Å². The van der Waals surface area contributed by atoms with Crippen molar-refractivity contribution >= 4 is 59.0 Å². The van der Waals surface area contributed by atoms with E-state index < -0.39 is 0 Å². The van der Waals surface area contributed by atoms with Gasteiger partial charge in [0.2, 0.25) is 0 Å². The van der Waals surface area contributed by atoms with Crippen LogP contribution in [0.1, 0.15) is 5.69 Å². The first kappa shape index (κ1) is 21.9. The van der Waals surface area contributed by atoms with E-state index in [-0.39, 0.29) is 24.0 Å². The Bertz CT molecular complexity index is 704. The van der Waals surface area contributed by atoms with Crippen molar-refractivity contribution in [1.29, 1.82) is 0 Å². The van der Waals surface area contributed by atoms with Crippen LogP contribution >= 0.6 is 47.2 Å². The topological polar surface area (TPSA) is 57.5 Å². The molecule has 9 heteroatoms. The van der Waals surface area contributed by atoms with E-state index in [0.29, 0.717) is 29.0 Å². The van der Waals surface area contributed by atoms with Crippen molar-refractivity contribution in [3.05, 3.63) is 46.3 Å². The maximum Gasteiger partial charge on any atom is 0.193 e. The van der Waals surface area contributed by atoms with Gasteiger partial charge in [-0.15, -0.1) is 24.0 Å². The van der Waals surface area contributed by atoms with Gasteiger partial charge in [0.15, 0.2) is 5.96 Å². The summed E-state index contributed by atoms with van der Waals surface area (Å²) in [6, 6.07) is 5.80. The van der Waals surface area contributed by atoms with Crippen molar-refractivity contribution in [2.75, 3.05) is 32.5 Å². The van der Waals surface area contributed by atoms with Crippen LogP contribution in [-0.4, -0.2) is 47.6 Å². The predicted molar refractivity (Wildman–Crippen MR) is 116 cm³/mol. The molecule has 0 atom stereocenters. The summed E-state index contributed by atoms with van der Waals surface area (Å²) >= 11 is 11.9. The molecule has 2 heterocycles. The molecule has 0 saturated carbocycles. The summed E-state index contributed by atoms with van der Waals surface area (Å²) in [7, 11) is 5.81. The van der Waals surface area contributed by atoms with Gasteiger partial charge in [0.05, 0.1) is 16.6 Å². The lowest BCUT2D eigenvalue weighted by atomic mass is 10.4. The molecule has 0 aliphatic carbocycles. The summed E-state index contributed by atoms with van der Waals surface area (Å²) in [5.41, 5.74) is 1.22. The third-order valence-electron chi connectivity index (χ3n) is 3.53. The Morgan fingerprint density at radius 1 is 1.36 bits per heavy atom. The maximum absolute atomic E-state index is 6.08. The first-order chi connectivity index (χ1) is 11.5. The number of aryl methyl sites for hydroxylation is 1. The molecule has 25 heavy (non-hydrogen) atoms. The standard InChI is InChI=1S/C16H22Cl2N6.HI/c1-19-16(24(3)11-13-5-4-8-23(13)2)21-7-6-20-15-14(18)9-12(17)10-22-15;/h4-5,8-10H,6-7,11H2,1-3H3,(H,19,21)(H,20,22);1H. The molecule has 0 bridgehead atoms. The van der Waals surface area contributed by atoms with Crippen molar-refractivity contribution in [3.8, 4) is 0 Å². The van der Waals surface area contributed by atoms with Crippen LogP contribution in [0.4, 0.5) is 5.82 Å². The van der Waals surface area contributed by atoms with E-state index in [0.717, 1.165) is 12.5 Å². The molecular weight excluding hydrogens is 474 g/mol. The lowest BCUT2D eigenvalue weighted by molar-refractivity contribution is 0.463. The molecule has 0 saturated heterocycles. The Morgan fingerprint density at radius 3 is 2.72 bits per heavy atom. The summed E-state index contributed by atoms with van der Waals surface area (Å²) in [6.45, 7) is 2.12. The second-order valence-electron chi connectivity index (χ2n) is 5.35. The van der Waals surface area contributed by atoms with Gasteiger partial charge >= 0.3 is 0 Å². The number of pyridine rings is 1. The maximum atomic E-state index is 6.08. The zero-order valence-electron chi connectivity index (χ0n) is 14.5. The van der Waals surface area contributed by atoms with Gasteiger partial charge in [0.1, 0.15) is 5.82 Å². The molecule has 2 aromatic rings. The van der Waals surface area contributed by atoms with Crippen LogP contribution in [0.3, 0.4) is 0 Å². The molecular formula is C16H23Cl2IN6. The molecule has 2 rings (SSSR count).